The Bertz CT molecular complexity index is 1390. The van der Waals surface area contributed by atoms with Crippen molar-refractivity contribution in [3.05, 3.63) is 60.8 Å². The fourth-order valence-corrected chi connectivity index (χ4v) is 10.1. The topological polar surface area (TPSA) is 78.9 Å². The monoisotopic (exact) mass is 1090 g/mol. The summed E-state index contributed by atoms with van der Waals surface area (Å²) in [5.74, 6) is -0.853. The van der Waals surface area contributed by atoms with Crippen molar-refractivity contribution in [3.63, 3.8) is 0 Å². The van der Waals surface area contributed by atoms with Gasteiger partial charge in [-0.05, 0) is 83.5 Å². The minimum Gasteiger partial charge on any atom is -0.462 e. The lowest BCUT2D eigenvalue weighted by Crippen LogP contribution is -2.30. The molecule has 0 aliphatic rings. The summed E-state index contributed by atoms with van der Waals surface area (Å²) < 4.78 is 16.9. The summed E-state index contributed by atoms with van der Waals surface area (Å²) in [7, 11) is 0. The summed E-state index contributed by atoms with van der Waals surface area (Å²) in [6.45, 7) is 6.55. The molecule has 0 saturated heterocycles. The lowest BCUT2D eigenvalue weighted by molar-refractivity contribution is -0.167. The van der Waals surface area contributed by atoms with Gasteiger partial charge in [0.1, 0.15) is 13.2 Å². The van der Waals surface area contributed by atoms with Gasteiger partial charge in [-0.15, -0.1) is 0 Å². The van der Waals surface area contributed by atoms with Crippen LogP contribution in [0.3, 0.4) is 0 Å². The van der Waals surface area contributed by atoms with Gasteiger partial charge in [-0.3, -0.25) is 14.4 Å². The predicted octanol–water partition coefficient (Wildman–Crippen LogP) is 23.5. The highest BCUT2D eigenvalue weighted by atomic mass is 16.6. The standard InChI is InChI=1S/C72H130O6/c1-4-7-10-13-16-19-21-23-25-27-29-31-33-34-35-36-37-38-40-41-43-45-47-49-51-53-56-59-62-65-71(74)77-68-69(67-76-70(73)64-61-58-55-18-15-12-9-6-3)78-72(75)66-63-60-57-54-52-50-48-46-44-42-39-32-30-28-26-24-22-20-17-14-11-8-5-2/h7,10,16,19,23,25,28-31,69H,4-6,8-9,11-15,17-18,20-22,24,26-27,32-68H2,1-3H3/b10-7-,19-16-,25-23-,30-28-,31-29-. The van der Waals surface area contributed by atoms with Crippen LogP contribution in [-0.4, -0.2) is 37.2 Å². The van der Waals surface area contributed by atoms with Crippen LogP contribution in [0.2, 0.25) is 0 Å². The fourth-order valence-electron chi connectivity index (χ4n) is 10.1. The van der Waals surface area contributed by atoms with E-state index in [0.717, 1.165) is 83.5 Å². The van der Waals surface area contributed by atoms with Crippen LogP contribution in [0.25, 0.3) is 0 Å². The van der Waals surface area contributed by atoms with Gasteiger partial charge in [0.25, 0.3) is 0 Å². The number of rotatable bonds is 63. The van der Waals surface area contributed by atoms with Crippen molar-refractivity contribution in [2.24, 2.45) is 0 Å². The number of hydrogen-bond donors (Lipinski definition) is 0. The van der Waals surface area contributed by atoms with Crippen molar-refractivity contribution in [2.75, 3.05) is 13.2 Å². The van der Waals surface area contributed by atoms with E-state index in [-0.39, 0.29) is 31.1 Å². The fraction of sp³-hybridized carbons (Fsp3) is 0.819. The lowest BCUT2D eigenvalue weighted by Gasteiger charge is -2.18. The van der Waals surface area contributed by atoms with Gasteiger partial charge >= 0.3 is 17.9 Å². The molecule has 0 aliphatic carbocycles. The van der Waals surface area contributed by atoms with Gasteiger partial charge in [-0.1, -0.05) is 319 Å². The van der Waals surface area contributed by atoms with Crippen LogP contribution < -0.4 is 0 Å². The zero-order chi connectivity index (χ0) is 56.4. The Kier molecular flexibility index (Phi) is 64.2. The van der Waals surface area contributed by atoms with Gasteiger partial charge in [0.15, 0.2) is 6.10 Å². The van der Waals surface area contributed by atoms with Gasteiger partial charge in [0, 0.05) is 19.3 Å². The Morgan fingerprint density at radius 2 is 0.500 bits per heavy atom. The second-order valence-corrected chi connectivity index (χ2v) is 23.1. The molecule has 1 atom stereocenters. The lowest BCUT2D eigenvalue weighted by atomic mass is 10.0. The van der Waals surface area contributed by atoms with E-state index >= 15 is 0 Å². The van der Waals surface area contributed by atoms with E-state index in [4.69, 9.17) is 14.2 Å². The molecular weight excluding hydrogens is 961 g/mol. The number of unbranched alkanes of at least 4 members (excludes halogenated alkanes) is 42. The Balaban J connectivity index is 4.09. The highest BCUT2D eigenvalue weighted by molar-refractivity contribution is 5.71. The summed E-state index contributed by atoms with van der Waals surface area (Å²) in [5.41, 5.74) is 0. The number of ether oxygens (including phenoxy) is 3. The third kappa shape index (κ3) is 63.9. The van der Waals surface area contributed by atoms with Crippen molar-refractivity contribution in [3.8, 4) is 0 Å². The van der Waals surface area contributed by atoms with Crippen molar-refractivity contribution >= 4 is 17.9 Å². The van der Waals surface area contributed by atoms with Crippen molar-refractivity contribution in [1.82, 2.24) is 0 Å². The molecule has 0 fully saturated rings. The third-order valence-corrected chi connectivity index (χ3v) is 15.3. The van der Waals surface area contributed by atoms with E-state index in [1.165, 1.54) is 238 Å². The maximum atomic E-state index is 12.9. The van der Waals surface area contributed by atoms with E-state index in [1.807, 2.05) is 0 Å². The molecule has 0 saturated carbocycles. The Morgan fingerprint density at radius 3 is 0.795 bits per heavy atom. The molecular formula is C72H130O6. The van der Waals surface area contributed by atoms with Crippen LogP contribution in [0.15, 0.2) is 60.8 Å². The van der Waals surface area contributed by atoms with Gasteiger partial charge in [-0.25, -0.2) is 0 Å². The second-order valence-electron chi connectivity index (χ2n) is 23.1. The normalized spacial score (nSPS) is 12.4. The summed E-state index contributed by atoms with van der Waals surface area (Å²) in [6, 6.07) is 0. The van der Waals surface area contributed by atoms with E-state index < -0.39 is 6.10 Å². The molecule has 0 aromatic rings. The van der Waals surface area contributed by atoms with Gasteiger partial charge in [0.2, 0.25) is 0 Å². The number of carbonyl (C=O) groups excluding carboxylic acids is 3. The molecule has 0 N–H and O–H groups in total. The molecule has 0 heterocycles. The number of carbonyl (C=O) groups is 3. The summed E-state index contributed by atoms with van der Waals surface area (Å²) in [6.07, 6.45) is 85.5. The van der Waals surface area contributed by atoms with Crippen molar-refractivity contribution < 1.29 is 28.6 Å². The first-order valence-electron chi connectivity index (χ1n) is 34.3. The summed E-state index contributed by atoms with van der Waals surface area (Å²) in [5, 5.41) is 0. The molecule has 0 spiro atoms. The van der Waals surface area contributed by atoms with Gasteiger partial charge in [0.05, 0.1) is 0 Å². The number of esters is 3. The Hall–Kier alpha value is -2.89. The predicted molar refractivity (Wildman–Crippen MR) is 339 cm³/mol. The van der Waals surface area contributed by atoms with Crippen LogP contribution >= 0.6 is 0 Å². The van der Waals surface area contributed by atoms with Crippen LogP contribution in [0.4, 0.5) is 0 Å². The molecule has 0 rings (SSSR count). The van der Waals surface area contributed by atoms with E-state index in [0.29, 0.717) is 19.3 Å². The maximum Gasteiger partial charge on any atom is 0.306 e. The molecule has 0 aromatic carbocycles. The van der Waals surface area contributed by atoms with E-state index in [2.05, 4.69) is 81.5 Å². The minimum atomic E-state index is -0.771. The SMILES string of the molecule is CC/C=C\C/C=C\C/C=C\C/C=C\CCCCCCCCCCCCCCCCCCC(=O)OCC(COC(=O)CCCCCCCCCC)OC(=O)CCCCCCCCCCCCC/C=C\CCCCCCCCCC. The first kappa shape index (κ1) is 75.1. The van der Waals surface area contributed by atoms with E-state index in [1.54, 1.807) is 0 Å². The molecule has 0 radical (unpaired) electrons. The zero-order valence-corrected chi connectivity index (χ0v) is 52.2. The largest absolute Gasteiger partial charge is 0.462 e. The zero-order valence-electron chi connectivity index (χ0n) is 52.2. The average Bonchev–Trinajstić information content (AvgIpc) is 3.44. The molecule has 78 heavy (non-hydrogen) atoms. The molecule has 0 amide bonds. The molecule has 6 nitrogen and oxygen atoms in total. The van der Waals surface area contributed by atoms with Crippen LogP contribution in [-0.2, 0) is 28.6 Å². The van der Waals surface area contributed by atoms with Gasteiger partial charge < -0.3 is 14.2 Å². The number of allylic oxidation sites excluding steroid dienone is 10. The third-order valence-electron chi connectivity index (χ3n) is 15.3. The Morgan fingerprint density at radius 1 is 0.269 bits per heavy atom. The molecule has 0 bridgehead atoms. The number of hydrogen-bond acceptors (Lipinski definition) is 6. The maximum absolute atomic E-state index is 12.9. The van der Waals surface area contributed by atoms with Crippen LogP contribution in [0, 0.1) is 0 Å². The summed E-state index contributed by atoms with van der Waals surface area (Å²) in [4.78, 5) is 38.2. The second kappa shape index (κ2) is 66.6. The molecule has 0 aromatic heterocycles. The van der Waals surface area contributed by atoms with Crippen molar-refractivity contribution in [2.45, 2.75) is 367 Å². The van der Waals surface area contributed by atoms with Gasteiger partial charge in [-0.2, -0.15) is 0 Å². The minimum absolute atomic E-state index is 0.0695. The first-order chi connectivity index (χ1) is 38.5. The van der Waals surface area contributed by atoms with Crippen LogP contribution in [0.5, 0.6) is 0 Å². The van der Waals surface area contributed by atoms with Crippen molar-refractivity contribution in [1.29, 1.82) is 0 Å². The first-order valence-corrected chi connectivity index (χ1v) is 34.3. The van der Waals surface area contributed by atoms with E-state index in [9.17, 15) is 14.4 Å². The molecule has 1 unspecified atom stereocenters. The molecule has 454 valence electrons. The highest BCUT2D eigenvalue weighted by Crippen LogP contribution is 2.18. The highest BCUT2D eigenvalue weighted by Gasteiger charge is 2.19. The van der Waals surface area contributed by atoms with Crippen LogP contribution in [0.1, 0.15) is 361 Å². The smallest absolute Gasteiger partial charge is 0.306 e. The summed E-state index contributed by atoms with van der Waals surface area (Å²) >= 11 is 0. The molecule has 6 heteroatoms. The average molecular weight is 1090 g/mol. The molecule has 0 aliphatic heterocycles. The Labute approximate surface area is 485 Å². The quantitative estimate of drug-likeness (QED) is 0.0261.